The Morgan fingerprint density at radius 2 is 2.00 bits per heavy atom. The van der Waals surface area contributed by atoms with Crippen molar-refractivity contribution in [2.24, 2.45) is 11.8 Å². The summed E-state index contributed by atoms with van der Waals surface area (Å²) in [6.07, 6.45) is 1.35. The first-order valence-electron chi connectivity index (χ1n) is 11.1. The molecule has 1 amide bonds. The number of amides is 1. The number of carbonyl (C=O) groups is 1. The highest BCUT2D eigenvalue weighted by Crippen LogP contribution is 2.60. The van der Waals surface area contributed by atoms with Crippen LogP contribution in [0, 0.1) is 34.8 Å². The summed E-state index contributed by atoms with van der Waals surface area (Å²) in [5, 5.41) is 16.6. The Bertz CT molecular complexity index is 1290. The van der Waals surface area contributed by atoms with Crippen LogP contribution in [0.15, 0.2) is 47.3 Å². The van der Waals surface area contributed by atoms with Crippen LogP contribution in [-0.2, 0) is 10.2 Å². The Hall–Kier alpha value is -4.04. The van der Waals surface area contributed by atoms with E-state index in [-0.39, 0.29) is 47.7 Å². The normalized spacial score (nSPS) is 26.8. The molecule has 0 spiro atoms. The number of piperidine rings is 1. The monoisotopic (exact) mass is 479 g/mol. The van der Waals surface area contributed by atoms with E-state index in [1.165, 1.54) is 18.5 Å². The zero-order valence-corrected chi connectivity index (χ0v) is 18.3. The van der Waals surface area contributed by atoms with E-state index in [0.717, 1.165) is 30.1 Å². The molecule has 0 bridgehead atoms. The zero-order valence-electron chi connectivity index (χ0n) is 18.3. The summed E-state index contributed by atoms with van der Waals surface area (Å²) in [5.74, 6) is -1.02. The number of nitriles is 1. The first kappa shape index (κ1) is 21.5. The van der Waals surface area contributed by atoms with Gasteiger partial charge in [0.2, 0.25) is 0 Å². The van der Waals surface area contributed by atoms with Crippen molar-refractivity contribution in [3.8, 4) is 23.1 Å². The summed E-state index contributed by atoms with van der Waals surface area (Å²) in [6.45, 7) is 1.59. The molecular weight excluding hydrogens is 460 g/mol. The smallest absolute Gasteiger partial charge is 0.414 e. The fourth-order valence-electron chi connectivity index (χ4n) is 5.19. The number of carbonyl (C=O) groups excluding carboxylic acids is 1. The number of anilines is 1. The van der Waals surface area contributed by atoms with Crippen LogP contribution in [-0.4, -0.2) is 48.6 Å². The Labute approximate surface area is 198 Å². The van der Waals surface area contributed by atoms with Crippen molar-refractivity contribution in [1.29, 1.82) is 5.26 Å². The minimum atomic E-state index is -0.841. The summed E-state index contributed by atoms with van der Waals surface area (Å²) in [7, 11) is 0. The van der Waals surface area contributed by atoms with Gasteiger partial charge in [0.25, 0.3) is 5.88 Å². The van der Waals surface area contributed by atoms with Crippen LogP contribution in [0.1, 0.15) is 5.69 Å². The molecule has 2 aromatic heterocycles. The van der Waals surface area contributed by atoms with Crippen LogP contribution in [0.4, 0.5) is 19.3 Å². The lowest BCUT2D eigenvalue weighted by atomic mass is 9.95. The molecule has 178 valence electrons. The maximum Gasteiger partial charge on any atom is 0.414 e. The predicted octanol–water partition coefficient (Wildman–Crippen LogP) is 3.03. The van der Waals surface area contributed by atoms with Gasteiger partial charge in [0, 0.05) is 42.8 Å². The molecule has 35 heavy (non-hydrogen) atoms. The quantitative estimate of drug-likeness (QED) is 0.574. The molecule has 1 N–H and O–H groups in total. The predicted molar refractivity (Wildman–Crippen MR) is 116 cm³/mol. The van der Waals surface area contributed by atoms with Crippen LogP contribution in [0.3, 0.4) is 0 Å². The molecule has 3 aliphatic rings. The van der Waals surface area contributed by atoms with Gasteiger partial charge in [0.05, 0.1) is 29.6 Å². The highest BCUT2D eigenvalue weighted by atomic mass is 19.1. The van der Waals surface area contributed by atoms with Crippen molar-refractivity contribution in [1.82, 2.24) is 15.5 Å². The molecule has 1 saturated carbocycles. The SMILES string of the molecule is N#CC1(c2ccc(-c3c(F)cc(N4C[C@H](COc5ccon5)OC4=O)cc3F)cn2)[C@@H]2CNC[C@@H]21. The summed E-state index contributed by atoms with van der Waals surface area (Å²) < 4.78 is 45.4. The van der Waals surface area contributed by atoms with Gasteiger partial charge in [-0.2, -0.15) is 5.26 Å². The highest BCUT2D eigenvalue weighted by molar-refractivity contribution is 5.90. The molecule has 2 aliphatic heterocycles. The molecule has 4 atom stereocenters. The first-order chi connectivity index (χ1) is 17.0. The van der Waals surface area contributed by atoms with Crippen molar-refractivity contribution < 1.29 is 27.6 Å². The largest absolute Gasteiger partial charge is 0.471 e. The average Bonchev–Trinajstić information content (AvgIpc) is 3.38. The number of fused-ring (bicyclic) bond motifs is 1. The molecule has 6 rings (SSSR count). The molecule has 11 heteroatoms. The van der Waals surface area contributed by atoms with E-state index in [0.29, 0.717) is 5.69 Å². The van der Waals surface area contributed by atoms with E-state index in [2.05, 4.69) is 26.0 Å². The number of halogens is 2. The van der Waals surface area contributed by atoms with Gasteiger partial charge >= 0.3 is 6.09 Å². The van der Waals surface area contributed by atoms with E-state index < -0.39 is 29.2 Å². The summed E-state index contributed by atoms with van der Waals surface area (Å²) >= 11 is 0. The number of hydrogen-bond acceptors (Lipinski definition) is 8. The lowest BCUT2D eigenvalue weighted by Crippen LogP contribution is -2.27. The molecular formula is C24H19F2N5O4. The van der Waals surface area contributed by atoms with Crippen LogP contribution in [0.25, 0.3) is 11.1 Å². The van der Waals surface area contributed by atoms with Crippen molar-refractivity contribution >= 4 is 11.8 Å². The number of nitrogens with zero attached hydrogens (tertiary/aromatic N) is 4. The van der Waals surface area contributed by atoms with Gasteiger partial charge in [-0.15, -0.1) is 0 Å². The molecule has 3 fully saturated rings. The maximum atomic E-state index is 15.1. The maximum absolute atomic E-state index is 15.1. The Morgan fingerprint density at radius 1 is 1.23 bits per heavy atom. The number of aromatic nitrogens is 2. The minimum Gasteiger partial charge on any atom is -0.471 e. The second kappa shape index (κ2) is 8.02. The van der Waals surface area contributed by atoms with E-state index in [4.69, 9.17) is 9.47 Å². The van der Waals surface area contributed by atoms with E-state index in [1.54, 1.807) is 12.1 Å². The van der Waals surface area contributed by atoms with Crippen molar-refractivity contribution in [3.63, 3.8) is 0 Å². The third-order valence-electron chi connectivity index (χ3n) is 6.98. The summed E-state index contributed by atoms with van der Waals surface area (Å²) in [6, 6.07) is 9.32. The van der Waals surface area contributed by atoms with Crippen molar-refractivity contribution in [2.45, 2.75) is 11.5 Å². The fraction of sp³-hybridized carbons (Fsp3) is 0.333. The second-order valence-corrected chi connectivity index (χ2v) is 8.83. The molecule has 3 aromatic rings. The van der Waals surface area contributed by atoms with Crippen LogP contribution >= 0.6 is 0 Å². The fourth-order valence-corrected chi connectivity index (χ4v) is 5.19. The molecule has 4 heterocycles. The molecule has 2 saturated heterocycles. The highest BCUT2D eigenvalue weighted by Gasteiger charge is 2.69. The van der Waals surface area contributed by atoms with Gasteiger partial charge in [-0.3, -0.25) is 9.88 Å². The second-order valence-electron chi connectivity index (χ2n) is 8.83. The Kier molecular flexibility index (Phi) is 4.93. The lowest BCUT2D eigenvalue weighted by molar-refractivity contribution is 0.102. The lowest BCUT2D eigenvalue weighted by Gasteiger charge is -2.16. The number of nitrogens with one attached hydrogen (secondary N) is 1. The summed E-state index contributed by atoms with van der Waals surface area (Å²) in [5.41, 5.74) is 0.0138. The van der Waals surface area contributed by atoms with Gasteiger partial charge in [-0.1, -0.05) is 6.07 Å². The third kappa shape index (κ3) is 3.40. The van der Waals surface area contributed by atoms with Crippen molar-refractivity contribution in [3.05, 3.63) is 60.1 Å². The van der Waals surface area contributed by atoms with Crippen LogP contribution in [0.2, 0.25) is 0 Å². The number of hydrogen-bond donors (Lipinski definition) is 1. The number of benzene rings is 1. The van der Waals surface area contributed by atoms with E-state index in [9.17, 15) is 10.1 Å². The molecule has 1 aromatic carbocycles. The molecule has 0 radical (unpaired) electrons. The van der Waals surface area contributed by atoms with E-state index in [1.807, 2.05) is 0 Å². The van der Waals surface area contributed by atoms with Crippen LogP contribution < -0.4 is 15.0 Å². The number of cyclic esters (lactones) is 1. The number of pyridine rings is 1. The topological polar surface area (TPSA) is 114 Å². The average molecular weight is 479 g/mol. The number of rotatable bonds is 6. The molecule has 1 unspecified atom stereocenters. The van der Waals surface area contributed by atoms with Gasteiger partial charge in [-0.05, 0) is 23.4 Å². The third-order valence-corrected chi connectivity index (χ3v) is 6.98. The Morgan fingerprint density at radius 3 is 2.63 bits per heavy atom. The Balaban J connectivity index is 1.20. The van der Waals surface area contributed by atoms with Gasteiger partial charge < -0.3 is 19.3 Å². The van der Waals surface area contributed by atoms with Gasteiger partial charge in [0.1, 0.15) is 29.9 Å². The first-order valence-corrected chi connectivity index (χ1v) is 11.1. The standard InChI is InChI=1S/C24H19F2N5O4/c25-18-5-14(31-10-15(35-23(31)32)11-33-21-3-4-34-30-21)6-19(26)22(18)13-1-2-20(29-7-13)24(12-27)16-8-28-9-17(16)24/h1-7,15-17,28H,8-11H2/t15-,16-,17+,24?/m1/s1. The zero-order chi connectivity index (χ0) is 24.2. The molecule has 1 aliphatic carbocycles. The van der Waals surface area contributed by atoms with Crippen LogP contribution in [0.5, 0.6) is 5.88 Å². The molecule has 9 nitrogen and oxygen atoms in total. The van der Waals surface area contributed by atoms with Gasteiger partial charge in [0.15, 0.2) is 6.10 Å². The number of ether oxygens (including phenoxy) is 2. The van der Waals surface area contributed by atoms with Crippen molar-refractivity contribution in [2.75, 3.05) is 31.1 Å². The van der Waals surface area contributed by atoms with Gasteiger partial charge in [-0.25, -0.2) is 13.6 Å². The summed E-state index contributed by atoms with van der Waals surface area (Å²) in [4.78, 5) is 17.8. The van der Waals surface area contributed by atoms with E-state index >= 15 is 8.78 Å². The minimum absolute atomic E-state index is 0.0117.